The Hall–Kier alpha value is -1.72. The predicted molar refractivity (Wildman–Crippen MR) is 55.7 cm³/mol. The van der Waals surface area contributed by atoms with Crippen molar-refractivity contribution < 1.29 is 18.0 Å². The molecule has 0 spiro atoms. The van der Waals surface area contributed by atoms with E-state index in [0.29, 0.717) is 25.1 Å². The second kappa shape index (κ2) is 4.27. The number of ketones is 1. The van der Waals surface area contributed by atoms with Gasteiger partial charge in [-0.15, -0.1) is 0 Å². The first-order valence-electron chi connectivity index (χ1n) is 5.19. The molecule has 0 radical (unpaired) electrons. The summed E-state index contributed by atoms with van der Waals surface area (Å²) in [6.45, 7) is 0.629. The third-order valence-electron chi connectivity index (χ3n) is 2.59. The molecule has 0 saturated carbocycles. The SMILES string of the molecule is O=C(c1cc2c([nH]1)CCN/C=C\C2)C(F)(F)F. The molecule has 0 atom stereocenters. The van der Waals surface area contributed by atoms with Gasteiger partial charge in [0.05, 0.1) is 5.69 Å². The molecule has 0 aromatic carbocycles. The Morgan fingerprint density at radius 1 is 1.35 bits per heavy atom. The lowest BCUT2D eigenvalue weighted by molar-refractivity contribution is -0.0888. The molecule has 0 fully saturated rings. The molecule has 0 unspecified atom stereocenters. The van der Waals surface area contributed by atoms with Gasteiger partial charge in [0.25, 0.3) is 5.78 Å². The zero-order chi connectivity index (χ0) is 12.5. The number of aromatic nitrogens is 1. The van der Waals surface area contributed by atoms with Crippen LogP contribution in [-0.4, -0.2) is 23.5 Å². The Kier molecular flexibility index (Phi) is 2.95. The number of H-pyrrole nitrogens is 1. The molecule has 2 rings (SSSR count). The van der Waals surface area contributed by atoms with Crippen molar-refractivity contribution in [1.29, 1.82) is 0 Å². The summed E-state index contributed by atoms with van der Waals surface area (Å²) in [5.41, 5.74) is 1.06. The zero-order valence-corrected chi connectivity index (χ0v) is 8.90. The number of hydrogen-bond acceptors (Lipinski definition) is 2. The highest BCUT2D eigenvalue weighted by Crippen LogP contribution is 2.23. The summed E-state index contributed by atoms with van der Waals surface area (Å²) in [6, 6.07) is 1.29. The van der Waals surface area contributed by atoms with Crippen molar-refractivity contribution in [3.63, 3.8) is 0 Å². The van der Waals surface area contributed by atoms with Crippen molar-refractivity contribution in [1.82, 2.24) is 10.3 Å². The van der Waals surface area contributed by atoms with Gasteiger partial charge in [-0.2, -0.15) is 13.2 Å². The Labute approximate surface area is 95.7 Å². The van der Waals surface area contributed by atoms with Gasteiger partial charge in [0.15, 0.2) is 0 Å². The molecule has 3 nitrogen and oxygen atoms in total. The Bertz CT molecular complexity index is 460. The maximum absolute atomic E-state index is 12.3. The van der Waals surface area contributed by atoms with E-state index in [0.717, 1.165) is 5.56 Å². The van der Waals surface area contributed by atoms with Gasteiger partial charge in [-0.3, -0.25) is 4.79 Å². The highest BCUT2D eigenvalue weighted by atomic mass is 19.4. The Morgan fingerprint density at radius 3 is 2.82 bits per heavy atom. The first-order valence-corrected chi connectivity index (χ1v) is 5.19. The molecule has 0 amide bonds. The minimum Gasteiger partial charge on any atom is -0.391 e. The van der Waals surface area contributed by atoms with Crippen LogP contribution in [0.4, 0.5) is 13.2 Å². The fourth-order valence-electron chi connectivity index (χ4n) is 1.77. The molecule has 17 heavy (non-hydrogen) atoms. The van der Waals surface area contributed by atoms with Crippen molar-refractivity contribution in [3.05, 3.63) is 35.3 Å². The summed E-state index contributed by atoms with van der Waals surface area (Å²) >= 11 is 0. The maximum atomic E-state index is 12.3. The standard InChI is InChI=1S/C11H11F3N2O/c12-11(13,14)10(17)9-6-7-2-1-4-15-5-3-8(7)16-9/h1,4,6,15-16H,2-3,5H2/b4-1-. The van der Waals surface area contributed by atoms with Gasteiger partial charge in [0, 0.05) is 18.7 Å². The van der Waals surface area contributed by atoms with Crippen LogP contribution in [0.5, 0.6) is 0 Å². The number of carbonyl (C=O) groups is 1. The van der Waals surface area contributed by atoms with Crippen molar-refractivity contribution in [2.75, 3.05) is 6.54 Å². The van der Waals surface area contributed by atoms with Crippen LogP contribution in [0.3, 0.4) is 0 Å². The molecule has 2 heterocycles. The molecule has 1 aliphatic heterocycles. The minimum absolute atomic E-state index is 0.377. The molecular formula is C11H11F3N2O. The lowest BCUT2D eigenvalue weighted by atomic mass is 10.1. The molecular weight excluding hydrogens is 233 g/mol. The lowest BCUT2D eigenvalue weighted by Gasteiger charge is -2.06. The number of halogens is 3. The largest absolute Gasteiger partial charge is 0.456 e. The molecule has 0 saturated heterocycles. The number of fused-ring (bicyclic) bond motifs is 1. The molecule has 92 valence electrons. The quantitative estimate of drug-likeness (QED) is 0.742. The molecule has 6 heteroatoms. The van der Waals surface area contributed by atoms with Crippen LogP contribution in [0.1, 0.15) is 21.7 Å². The maximum Gasteiger partial charge on any atom is 0.456 e. The number of carbonyl (C=O) groups excluding carboxylic acids is 1. The third kappa shape index (κ3) is 2.51. The zero-order valence-electron chi connectivity index (χ0n) is 8.90. The summed E-state index contributed by atoms with van der Waals surface area (Å²) in [7, 11) is 0. The highest BCUT2D eigenvalue weighted by molar-refractivity contribution is 5.99. The van der Waals surface area contributed by atoms with Crippen molar-refractivity contribution in [3.8, 4) is 0 Å². The van der Waals surface area contributed by atoms with E-state index in [9.17, 15) is 18.0 Å². The van der Waals surface area contributed by atoms with Gasteiger partial charge in [0.1, 0.15) is 0 Å². The van der Waals surface area contributed by atoms with Crippen LogP contribution >= 0.6 is 0 Å². The van der Waals surface area contributed by atoms with Gasteiger partial charge in [-0.25, -0.2) is 0 Å². The van der Waals surface area contributed by atoms with Crippen LogP contribution < -0.4 is 5.32 Å². The Morgan fingerprint density at radius 2 is 2.12 bits per heavy atom. The van der Waals surface area contributed by atoms with Crippen LogP contribution in [0.25, 0.3) is 0 Å². The highest BCUT2D eigenvalue weighted by Gasteiger charge is 2.40. The molecule has 0 bridgehead atoms. The summed E-state index contributed by atoms with van der Waals surface area (Å²) < 4.78 is 36.8. The monoisotopic (exact) mass is 244 g/mol. The van der Waals surface area contributed by atoms with Gasteiger partial charge in [-0.1, -0.05) is 6.08 Å². The summed E-state index contributed by atoms with van der Waals surface area (Å²) in [6.07, 6.45) is -0.155. The van der Waals surface area contributed by atoms with E-state index in [1.165, 1.54) is 6.07 Å². The number of hydrogen-bond donors (Lipinski definition) is 2. The minimum atomic E-state index is -4.83. The van der Waals surface area contributed by atoms with E-state index >= 15 is 0 Å². The molecule has 0 aliphatic carbocycles. The smallest absolute Gasteiger partial charge is 0.391 e. The van der Waals surface area contributed by atoms with E-state index in [4.69, 9.17) is 0 Å². The lowest BCUT2D eigenvalue weighted by Crippen LogP contribution is -2.23. The van der Waals surface area contributed by atoms with Crippen molar-refractivity contribution in [2.24, 2.45) is 0 Å². The summed E-state index contributed by atoms with van der Waals surface area (Å²) in [5, 5.41) is 2.99. The average molecular weight is 244 g/mol. The number of aromatic amines is 1. The van der Waals surface area contributed by atoms with E-state index in [-0.39, 0.29) is 5.69 Å². The van der Waals surface area contributed by atoms with Gasteiger partial charge < -0.3 is 10.3 Å². The summed E-state index contributed by atoms with van der Waals surface area (Å²) in [4.78, 5) is 13.6. The van der Waals surface area contributed by atoms with Crippen LogP contribution in [0, 0.1) is 0 Å². The van der Waals surface area contributed by atoms with E-state index in [1.54, 1.807) is 6.20 Å². The van der Waals surface area contributed by atoms with Crippen molar-refractivity contribution in [2.45, 2.75) is 19.0 Å². The second-order valence-electron chi connectivity index (χ2n) is 3.82. The Balaban J connectivity index is 2.30. The average Bonchev–Trinajstić information content (AvgIpc) is 2.58. The van der Waals surface area contributed by atoms with Gasteiger partial charge in [-0.05, 0) is 24.3 Å². The molecule has 1 aromatic rings. The van der Waals surface area contributed by atoms with E-state index < -0.39 is 12.0 Å². The number of rotatable bonds is 1. The number of alkyl halides is 3. The molecule has 1 aromatic heterocycles. The molecule has 1 aliphatic rings. The molecule has 2 N–H and O–H groups in total. The van der Waals surface area contributed by atoms with Crippen LogP contribution in [-0.2, 0) is 12.8 Å². The second-order valence-corrected chi connectivity index (χ2v) is 3.82. The van der Waals surface area contributed by atoms with Crippen LogP contribution in [0.15, 0.2) is 18.3 Å². The third-order valence-corrected chi connectivity index (χ3v) is 2.59. The van der Waals surface area contributed by atoms with E-state index in [1.807, 2.05) is 6.08 Å². The van der Waals surface area contributed by atoms with E-state index in [2.05, 4.69) is 10.3 Å². The fraction of sp³-hybridized carbons (Fsp3) is 0.364. The number of Topliss-reactive ketones (excluding diaryl/α,β-unsaturated/α-hetero) is 1. The topological polar surface area (TPSA) is 44.9 Å². The number of nitrogens with one attached hydrogen (secondary N) is 2. The number of allylic oxidation sites excluding steroid dienone is 1. The van der Waals surface area contributed by atoms with Gasteiger partial charge >= 0.3 is 6.18 Å². The van der Waals surface area contributed by atoms with Gasteiger partial charge in [0.2, 0.25) is 0 Å². The van der Waals surface area contributed by atoms with Crippen LogP contribution in [0.2, 0.25) is 0 Å². The normalized spacial score (nSPS) is 17.6. The summed E-state index contributed by atoms with van der Waals surface area (Å²) in [5.74, 6) is -1.82. The van der Waals surface area contributed by atoms with Crippen molar-refractivity contribution >= 4 is 5.78 Å². The first kappa shape index (κ1) is 11.8. The fourth-order valence-corrected chi connectivity index (χ4v) is 1.77. The predicted octanol–water partition coefficient (Wildman–Crippen LogP) is 1.96. The first-order chi connectivity index (χ1) is 7.98.